The molecule has 0 aliphatic heterocycles. The van der Waals surface area contributed by atoms with E-state index in [9.17, 15) is 9.18 Å². The number of halogens is 1. The van der Waals surface area contributed by atoms with Crippen molar-refractivity contribution < 1.29 is 9.18 Å². The predicted octanol–water partition coefficient (Wildman–Crippen LogP) is 2.67. The molecule has 0 saturated heterocycles. The summed E-state index contributed by atoms with van der Waals surface area (Å²) in [7, 11) is 0. The molecular formula is C14H20FNO. The van der Waals surface area contributed by atoms with Crippen LogP contribution in [0.4, 0.5) is 4.39 Å². The molecule has 94 valence electrons. The number of carbonyl (C=O) groups excluding carboxylic acids is 1. The minimum Gasteiger partial charge on any atom is -0.298 e. The van der Waals surface area contributed by atoms with Crippen molar-refractivity contribution in [1.29, 1.82) is 0 Å². The molecule has 0 heterocycles. The lowest BCUT2D eigenvalue weighted by Crippen LogP contribution is -2.36. The third-order valence-corrected chi connectivity index (χ3v) is 2.83. The molecule has 0 amide bonds. The van der Waals surface area contributed by atoms with Crippen molar-refractivity contribution in [2.24, 2.45) is 0 Å². The van der Waals surface area contributed by atoms with Gasteiger partial charge in [0.1, 0.15) is 5.82 Å². The quantitative estimate of drug-likeness (QED) is 0.758. The van der Waals surface area contributed by atoms with Gasteiger partial charge in [-0.3, -0.25) is 9.69 Å². The van der Waals surface area contributed by atoms with Gasteiger partial charge in [-0.1, -0.05) is 19.1 Å². The number of ketones is 1. The Balaban J connectivity index is 2.52. The van der Waals surface area contributed by atoms with Gasteiger partial charge in [0, 0.05) is 12.5 Å². The molecule has 1 aromatic carbocycles. The average molecular weight is 237 g/mol. The molecule has 3 heteroatoms. The van der Waals surface area contributed by atoms with Crippen molar-refractivity contribution in [3.63, 3.8) is 0 Å². The first kappa shape index (κ1) is 13.8. The first-order valence-corrected chi connectivity index (χ1v) is 6.03. The Kier molecular flexibility index (Phi) is 5.29. The molecular weight excluding hydrogens is 217 g/mol. The lowest BCUT2D eigenvalue weighted by Gasteiger charge is -2.23. The summed E-state index contributed by atoms with van der Waals surface area (Å²) in [5, 5.41) is 0. The van der Waals surface area contributed by atoms with Gasteiger partial charge in [0.15, 0.2) is 5.78 Å². The summed E-state index contributed by atoms with van der Waals surface area (Å²) < 4.78 is 12.7. The number of hydrogen-bond donors (Lipinski definition) is 0. The number of likely N-dealkylation sites (N-methyl/N-ethyl adjacent to an activating group) is 1. The number of hydrogen-bond acceptors (Lipinski definition) is 2. The van der Waals surface area contributed by atoms with E-state index in [0.29, 0.717) is 19.0 Å². The van der Waals surface area contributed by atoms with E-state index >= 15 is 0 Å². The Hall–Kier alpha value is -1.22. The molecule has 0 aliphatic carbocycles. The molecule has 2 nitrogen and oxygen atoms in total. The molecule has 1 aromatic rings. The first-order chi connectivity index (χ1) is 8.02. The van der Waals surface area contributed by atoms with Gasteiger partial charge in [-0.2, -0.15) is 0 Å². The summed E-state index contributed by atoms with van der Waals surface area (Å²) in [6, 6.07) is 6.49. The molecule has 0 spiro atoms. The second kappa shape index (κ2) is 6.50. The number of benzene rings is 1. The molecule has 17 heavy (non-hydrogen) atoms. The molecule has 0 radical (unpaired) electrons. The molecule has 0 aromatic heterocycles. The fourth-order valence-electron chi connectivity index (χ4n) is 1.77. The van der Waals surface area contributed by atoms with Crippen LogP contribution in [0.2, 0.25) is 0 Å². The minimum atomic E-state index is -0.265. The average Bonchev–Trinajstić information content (AvgIpc) is 2.28. The molecule has 1 rings (SSSR count). The molecule has 0 unspecified atom stereocenters. The summed E-state index contributed by atoms with van der Waals surface area (Å²) in [5.41, 5.74) is 0.871. The van der Waals surface area contributed by atoms with Crippen LogP contribution in [0.15, 0.2) is 24.3 Å². The van der Waals surface area contributed by atoms with Crippen LogP contribution in [0.25, 0.3) is 0 Å². The normalized spacial score (nSPS) is 11.2. The zero-order valence-electron chi connectivity index (χ0n) is 10.7. The van der Waals surface area contributed by atoms with Crippen LogP contribution in [0.5, 0.6) is 0 Å². The van der Waals surface area contributed by atoms with Crippen molar-refractivity contribution in [1.82, 2.24) is 4.90 Å². The number of rotatable bonds is 6. The fourth-order valence-corrected chi connectivity index (χ4v) is 1.77. The van der Waals surface area contributed by atoms with Crippen LogP contribution in [0, 0.1) is 5.82 Å². The van der Waals surface area contributed by atoms with Crippen molar-refractivity contribution in [2.75, 3.05) is 13.1 Å². The smallest absolute Gasteiger partial charge is 0.151 e. The van der Waals surface area contributed by atoms with E-state index in [4.69, 9.17) is 0 Å². The third kappa shape index (κ3) is 4.65. The summed E-state index contributed by atoms with van der Waals surface area (Å²) in [4.78, 5) is 14.0. The molecule has 0 fully saturated rings. The van der Waals surface area contributed by atoms with E-state index in [0.717, 1.165) is 12.1 Å². The van der Waals surface area contributed by atoms with Gasteiger partial charge in [0.2, 0.25) is 0 Å². The third-order valence-electron chi connectivity index (χ3n) is 2.83. The SMILES string of the molecule is CCN(CC(=O)Cc1ccc(F)cc1)C(C)C. The van der Waals surface area contributed by atoms with Crippen molar-refractivity contribution in [3.8, 4) is 0 Å². The summed E-state index contributed by atoms with van der Waals surface area (Å²) in [6.45, 7) is 7.53. The van der Waals surface area contributed by atoms with Gasteiger partial charge in [-0.05, 0) is 38.1 Å². The lowest BCUT2D eigenvalue weighted by atomic mass is 10.1. The fraction of sp³-hybridized carbons (Fsp3) is 0.500. The molecule has 0 saturated carbocycles. The van der Waals surface area contributed by atoms with Gasteiger partial charge < -0.3 is 0 Å². The van der Waals surface area contributed by atoms with Crippen LogP contribution >= 0.6 is 0 Å². The molecule has 0 atom stereocenters. The number of nitrogens with zero attached hydrogens (tertiary/aromatic N) is 1. The topological polar surface area (TPSA) is 20.3 Å². The van der Waals surface area contributed by atoms with E-state index in [-0.39, 0.29) is 11.6 Å². The largest absolute Gasteiger partial charge is 0.298 e. The van der Waals surface area contributed by atoms with Gasteiger partial charge in [-0.15, -0.1) is 0 Å². The maximum atomic E-state index is 12.7. The second-order valence-corrected chi connectivity index (χ2v) is 4.50. The lowest BCUT2D eigenvalue weighted by molar-refractivity contribution is -0.119. The minimum absolute atomic E-state index is 0.173. The zero-order chi connectivity index (χ0) is 12.8. The van der Waals surface area contributed by atoms with E-state index in [1.807, 2.05) is 6.92 Å². The van der Waals surface area contributed by atoms with Crippen LogP contribution in [0.3, 0.4) is 0 Å². The van der Waals surface area contributed by atoms with Crippen molar-refractivity contribution >= 4 is 5.78 Å². The Morgan fingerprint density at radius 3 is 2.35 bits per heavy atom. The summed E-state index contributed by atoms with van der Waals surface area (Å²) in [5.74, 6) is -0.0919. The van der Waals surface area contributed by atoms with Crippen LogP contribution in [-0.2, 0) is 11.2 Å². The van der Waals surface area contributed by atoms with E-state index in [2.05, 4.69) is 18.7 Å². The molecule has 0 aliphatic rings. The van der Waals surface area contributed by atoms with E-state index in [1.165, 1.54) is 12.1 Å². The highest BCUT2D eigenvalue weighted by atomic mass is 19.1. The Labute approximate surface area is 102 Å². The summed E-state index contributed by atoms with van der Waals surface area (Å²) >= 11 is 0. The van der Waals surface area contributed by atoms with Crippen LogP contribution in [-0.4, -0.2) is 29.8 Å². The van der Waals surface area contributed by atoms with Crippen LogP contribution in [0.1, 0.15) is 26.3 Å². The van der Waals surface area contributed by atoms with Gasteiger partial charge in [0.25, 0.3) is 0 Å². The van der Waals surface area contributed by atoms with Gasteiger partial charge in [0.05, 0.1) is 6.54 Å². The number of Topliss-reactive ketones (excluding diaryl/α,β-unsaturated/α-hetero) is 1. The number of carbonyl (C=O) groups is 1. The van der Waals surface area contributed by atoms with Crippen LogP contribution < -0.4 is 0 Å². The summed E-state index contributed by atoms with van der Waals surface area (Å²) in [6.07, 6.45) is 0.378. The standard InChI is InChI=1S/C14H20FNO/c1-4-16(11(2)3)10-14(17)9-12-5-7-13(15)8-6-12/h5-8,11H,4,9-10H2,1-3H3. The molecule has 0 N–H and O–H groups in total. The van der Waals surface area contributed by atoms with Crippen molar-refractivity contribution in [3.05, 3.63) is 35.6 Å². The maximum absolute atomic E-state index is 12.7. The maximum Gasteiger partial charge on any atom is 0.151 e. The van der Waals surface area contributed by atoms with Crippen molar-refractivity contribution in [2.45, 2.75) is 33.2 Å². The monoisotopic (exact) mass is 237 g/mol. The van der Waals surface area contributed by atoms with E-state index in [1.54, 1.807) is 12.1 Å². The second-order valence-electron chi connectivity index (χ2n) is 4.50. The highest BCUT2D eigenvalue weighted by molar-refractivity contribution is 5.82. The van der Waals surface area contributed by atoms with Gasteiger partial charge >= 0.3 is 0 Å². The van der Waals surface area contributed by atoms with Gasteiger partial charge in [-0.25, -0.2) is 4.39 Å². The Bertz CT molecular complexity index is 359. The first-order valence-electron chi connectivity index (χ1n) is 6.03. The zero-order valence-corrected chi connectivity index (χ0v) is 10.7. The molecule has 0 bridgehead atoms. The Morgan fingerprint density at radius 1 is 1.29 bits per heavy atom. The van der Waals surface area contributed by atoms with E-state index < -0.39 is 0 Å². The highest BCUT2D eigenvalue weighted by Gasteiger charge is 2.12. The predicted molar refractivity (Wildman–Crippen MR) is 67.5 cm³/mol. The highest BCUT2D eigenvalue weighted by Crippen LogP contribution is 2.05. The Morgan fingerprint density at radius 2 is 1.88 bits per heavy atom.